The monoisotopic (exact) mass is 349 g/mol. The Bertz CT molecular complexity index is 916. The van der Waals surface area contributed by atoms with Crippen molar-refractivity contribution in [2.75, 3.05) is 12.1 Å². The molecule has 0 saturated carbocycles. The summed E-state index contributed by atoms with van der Waals surface area (Å²) in [7, 11) is 0. The van der Waals surface area contributed by atoms with Crippen LogP contribution in [0.2, 0.25) is 0 Å². The van der Waals surface area contributed by atoms with Gasteiger partial charge in [-0.15, -0.1) is 0 Å². The van der Waals surface area contributed by atoms with Gasteiger partial charge in [0, 0.05) is 43.1 Å². The van der Waals surface area contributed by atoms with Crippen molar-refractivity contribution in [2.24, 2.45) is 0 Å². The van der Waals surface area contributed by atoms with Crippen LogP contribution in [0.3, 0.4) is 0 Å². The molecule has 1 aliphatic rings. The van der Waals surface area contributed by atoms with E-state index in [1.54, 1.807) is 18.5 Å². The van der Waals surface area contributed by atoms with E-state index in [1.165, 1.54) is 12.4 Å². The normalized spacial score (nSPS) is 11.8. The first-order chi connectivity index (χ1) is 12.8. The third-order valence-electron chi connectivity index (χ3n) is 3.72. The highest BCUT2D eigenvalue weighted by Crippen LogP contribution is 2.34. The van der Waals surface area contributed by atoms with Crippen LogP contribution in [-0.2, 0) is 6.54 Å². The molecule has 2 aromatic heterocycles. The van der Waals surface area contributed by atoms with Gasteiger partial charge in [0.05, 0.1) is 5.56 Å². The fourth-order valence-corrected chi connectivity index (χ4v) is 2.40. The zero-order chi connectivity index (χ0) is 17.8. The van der Waals surface area contributed by atoms with Crippen LogP contribution in [0.25, 0.3) is 0 Å². The molecule has 0 spiro atoms. The Balaban J connectivity index is 1.38. The second-order valence-corrected chi connectivity index (χ2v) is 5.53. The van der Waals surface area contributed by atoms with Crippen molar-refractivity contribution in [1.82, 2.24) is 20.3 Å². The molecule has 4 rings (SSSR count). The van der Waals surface area contributed by atoms with Crippen molar-refractivity contribution in [3.63, 3.8) is 0 Å². The van der Waals surface area contributed by atoms with E-state index >= 15 is 0 Å². The summed E-state index contributed by atoms with van der Waals surface area (Å²) in [6.45, 7) is 0.613. The molecule has 26 heavy (non-hydrogen) atoms. The van der Waals surface area contributed by atoms with Crippen LogP contribution >= 0.6 is 0 Å². The number of amides is 1. The number of carbonyl (C=O) groups is 1. The number of nitrogens with one attached hydrogen (secondary N) is 2. The van der Waals surface area contributed by atoms with Gasteiger partial charge in [-0.1, -0.05) is 6.07 Å². The number of ether oxygens (including phenoxy) is 2. The van der Waals surface area contributed by atoms with Gasteiger partial charge in [-0.05, 0) is 23.8 Å². The Hall–Kier alpha value is -3.68. The zero-order valence-electron chi connectivity index (χ0n) is 13.7. The molecule has 130 valence electrons. The minimum atomic E-state index is -0.247. The number of pyridine rings is 1. The number of benzene rings is 1. The standard InChI is InChI=1S/C18H15N5O3/c24-17(20-8-12-2-1-5-19-7-12)13-9-21-18(22-10-13)23-14-3-4-15-16(6-14)26-11-25-15/h1-7,9-10H,8,11H2,(H,20,24)(H,21,22,23). The van der Waals surface area contributed by atoms with Crippen molar-refractivity contribution in [3.8, 4) is 11.5 Å². The fraction of sp³-hybridized carbons (Fsp3) is 0.111. The minimum absolute atomic E-state index is 0.220. The molecule has 1 aliphatic heterocycles. The van der Waals surface area contributed by atoms with Crippen LogP contribution < -0.4 is 20.1 Å². The quantitative estimate of drug-likeness (QED) is 0.729. The van der Waals surface area contributed by atoms with Gasteiger partial charge in [0.25, 0.3) is 5.91 Å². The lowest BCUT2D eigenvalue weighted by Gasteiger charge is -2.07. The molecule has 0 aliphatic carbocycles. The third kappa shape index (κ3) is 3.54. The molecule has 3 aromatic rings. The van der Waals surface area contributed by atoms with E-state index in [2.05, 4.69) is 25.6 Å². The van der Waals surface area contributed by atoms with E-state index in [4.69, 9.17) is 9.47 Å². The molecule has 8 nitrogen and oxygen atoms in total. The van der Waals surface area contributed by atoms with E-state index in [-0.39, 0.29) is 12.7 Å². The molecule has 0 radical (unpaired) electrons. The maximum atomic E-state index is 12.2. The van der Waals surface area contributed by atoms with Crippen LogP contribution in [0.15, 0.2) is 55.1 Å². The van der Waals surface area contributed by atoms with E-state index in [9.17, 15) is 4.79 Å². The lowest BCUT2D eigenvalue weighted by atomic mass is 10.2. The molecule has 0 fully saturated rings. The van der Waals surface area contributed by atoms with E-state index < -0.39 is 0 Å². The summed E-state index contributed by atoms with van der Waals surface area (Å²) in [5.41, 5.74) is 2.07. The molecule has 8 heteroatoms. The number of rotatable bonds is 5. The van der Waals surface area contributed by atoms with E-state index in [0.717, 1.165) is 11.3 Å². The summed E-state index contributed by atoms with van der Waals surface area (Å²) in [4.78, 5) is 24.5. The van der Waals surface area contributed by atoms with Crippen LogP contribution in [0, 0.1) is 0 Å². The summed E-state index contributed by atoms with van der Waals surface area (Å²) >= 11 is 0. The Morgan fingerprint density at radius 1 is 1.08 bits per heavy atom. The SMILES string of the molecule is O=C(NCc1cccnc1)c1cnc(Nc2ccc3c(c2)OCO3)nc1. The van der Waals surface area contributed by atoms with Gasteiger partial charge in [-0.2, -0.15) is 0 Å². The van der Waals surface area contributed by atoms with Crippen LogP contribution in [0.4, 0.5) is 11.6 Å². The van der Waals surface area contributed by atoms with Crippen molar-refractivity contribution in [2.45, 2.75) is 6.54 Å². The fourth-order valence-electron chi connectivity index (χ4n) is 2.40. The Kier molecular flexibility index (Phi) is 4.29. The van der Waals surface area contributed by atoms with Gasteiger partial charge in [0.15, 0.2) is 11.5 Å². The maximum absolute atomic E-state index is 12.2. The highest BCUT2D eigenvalue weighted by molar-refractivity contribution is 5.93. The predicted octanol–water partition coefficient (Wildman–Crippen LogP) is 2.27. The van der Waals surface area contributed by atoms with Crippen molar-refractivity contribution >= 4 is 17.5 Å². The molecular weight excluding hydrogens is 334 g/mol. The highest BCUT2D eigenvalue weighted by Gasteiger charge is 2.13. The first kappa shape index (κ1) is 15.8. The second kappa shape index (κ2) is 7.06. The van der Waals surface area contributed by atoms with Gasteiger partial charge >= 0.3 is 0 Å². The number of carbonyl (C=O) groups excluding carboxylic acids is 1. The highest BCUT2D eigenvalue weighted by atomic mass is 16.7. The number of nitrogens with zero attached hydrogens (tertiary/aromatic N) is 3. The number of aromatic nitrogens is 3. The van der Waals surface area contributed by atoms with E-state index in [0.29, 0.717) is 29.6 Å². The largest absolute Gasteiger partial charge is 0.454 e. The topological polar surface area (TPSA) is 98.3 Å². The smallest absolute Gasteiger partial charge is 0.254 e. The Labute approximate surface area is 149 Å². The predicted molar refractivity (Wildman–Crippen MR) is 93.3 cm³/mol. The van der Waals surface area contributed by atoms with Gasteiger partial charge in [-0.3, -0.25) is 9.78 Å². The van der Waals surface area contributed by atoms with Gasteiger partial charge < -0.3 is 20.1 Å². The molecule has 1 amide bonds. The van der Waals surface area contributed by atoms with Crippen LogP contribution in [0.1, 0.15) is 15.9 Å². The maximum Gasteiger partial charge on any atom is 0.254 e. The first-order valence-corrected chi connectivity index (χ1v) is 7.94. The van der Waals surface area contributed by atoms with Crippen molar-refractivity contribution in [3.05, 3.63) is 66.2 Å². The van der Waals surface area contributed by atoms with Crippen LogP contribution in [-0.4, -0.2) is 27.7 Å². The zero-order valence-corrected chi connectivity index (χ0v) is 13.7. The van der Waals surface area contributed by atoms with Crippen molar-refractivity contribution < 1.29 is 14.3 Å². The average molecular weight is 349 g/mol. The third-order valence-corrected chi connectivity index (χ3v) is 3.72. The molecule has 1 aromatic carbocycles. The molecule has 3 heterocycles. The van der Waals surface area contributed by atoms with Crippen molar-refractivity contribution in [1.29, 1.82) is 0 Å². The average Bonchev–Trinajstić information content (AvgIpc) is 3.15. The Morgan fingerprint density at radius 3 is 2.73 bits per heavy atom. The molecule has 0 bridgehead atoms. The Morgan fingerprint density at radius 2 is 1.92 bits per heavy atom. The number of hydrogen-bond donors (Lipinski definition) is 2. The molecule has 0 unspecified atom stereocenters. The molecule has 0 saturated heterocycles. The number of fused-ring (bicyclic) bond motifs is 1. The summed E-state index contributed by atoms with van der Waals surface area (Å²) in [5.74, 6) is 1.51. The number of anilines is 2. The second-order valence-electron chi connectivity index (χ2n) is 5.53. The molecular formula is C18H15N5O3. The van der Waals surface area contributed by atoms with Crippen LogP contribution in [0.5, 0.6) is 11.5 Å². The van der Waals surface area contributed by atoms with Gasteiger partial charge in [0.1, 0.15) is 0 Å². The summed E-state index contributed by atoms with van der Waals surface area (Å²) < 4.78 is 10.6. The van der Waals surface area contributed by atoms with Gasteiger partial charge in [0.2, 0.25) is 12.7 Å². The van der Waals surface area contributed by atoms with Gasteiger partial charge in [-0.25, -0.2) is 9.97 Å². The molecule has 0 atom stereocenters. The van der Waals surface area contributed by atoms with E-state index in [1.807, 2.05) is 24.3 Å². The summed E-state index contributed by atoms with van der Waals surface area (Å²) in [6.07, 6.45) is 6.34. The lowest BCUT2D eigenvalue weighted by molar-refractivity contribution is 0.0950. The first-order valence-electron chi connectivity index (χ1n) is 7.94. The minimum Gasteiger partial charge on any atom is -0.454 e. The summed E-state index contributed by atoms with van der Waals surface area (Å²) in [6, 6.07) is 9.17. The summed E-state index contributed by atoms with van der Waals surface area (Å²) in [5, 5.41) is 5.86. The lowest BCUT2D eigenvalue weighted by Crippen LogP contribution is -2.23. The molecule has 2 N–H and O–H groups in total. The number of hydrogen-bond acceptors (Lipinski definition) is 7.